The summed E-state index contributed by atoms with van der Waals surface area (Å²) in [6.45, 7) is 1.83. The van der Waals surface area contributed by atoms with Crippen molar-refractivity contribution in [1.82, 2.24) is 10.3 Å². The number of thiophene rings is 1. The van der Waals surface area contributed by atoms with Crippen molar-refractivity contribution in [3.63, 3.8) is 0 Å². The van der Waals surface area contributed by atoms with Gasteiger partial charge in [0, 0.05) is 16.9 Å². The van der Waals surface area contributed by atoms with Gasteiger partial charge in [-0.2, -0.15) is 0 Å². The topological polar surface area (TPSA) is 80.3 Å². The van der Waals surface area contributed by atoms with Gasteiger partial charge in [0.2, 0.25) is 11.8 Å². The number of amides is 2. The second kappa shape index (κ2) is 7.44. The first-order valence-electron chi connectivity index (χ1n) is 7.84. The van der Waals surface area contributed by atoms with E-state index in [1.165, 1.54) is 6.20 Å². The van der Waals surface area contributed by atoms with Crippen LogP contribution < -0.4 is 15.4 Å². The van der Waals surface area contributed by atoms with Crippen LogP contribution in [0.5, 0.6) is 5.88 Å². The van der Waals surface area contributed by atoms with Gasteiger partial charge in [-0.05, 0) is 37.3 Å². The third-order valence-corrected chi connectivity index (χ3v) is 4.71. The number of aromatic nitrogens is 1. The molecule has 1 fully saturated rings. The Balaban J connectivity index is 1.44. The normalized spacial score (nSPS) is 14.7. The van der Waals surface area contributed by atoms with Gasteiger partial charge in [0.25, 0.3) is 5.91 Å². The van der Waals surface area contributed by atoms with E-state index >= 15 is 0 Å². The van der Waals surface area contributed by atoms with E-state index in [0.717, 1.165) is 17.7 Å². The summed E-state index contributed by atoms with van der Waals surface area (Å²) in [4.78, 5) is 28.7. The zero-order chi connectivity index (χ0) is 16.9. The molecule has 1 aliphatic rings. The summed E-state index contributed by atoms with van der Waals surface area (Å²) < 4.78 is 5.37. The Hall–Kier alpha value is -2.41. The summed E-state index contributed by atoms with van der Waals surface area (Å²) >= 11 is 1.60. The molecule has 2 heterocycles. The molecule has 0 spiro atoms. The number of carbonyl (C=O) groups excluding carboxylic acids is 2. The van der Waals surface area contributed by atoms with Gasteiger partial charge in [0.05, 0.1) is 17.9 Å². The van der Waals surface area contributed by atoms with Crippen molar-refractivity contribution in [3.8, 4) is 5.88 Å². The Morgan fingerprint density at radius 2 is 2.21 bits per heavy atom. The largest absolute Gasteiger partial charge is 0.468 e. The van der Waals surface area contributed by atoms with Crippen LogP contribution in [-0.2, 0) is 9.59 Å². The molecular weight excluding hydrogens is 326 g/mol. The Kier molecular flexibility index (Phi) is 5.10. The van der Waals surface area contributed by atoms with Crippen molar-refractivity contribution in [2.45, 2.75) is 25.8 Å². The van der Waals surface area contributed by atoms with Crippen molar-refractivity contribution in [3.05, 3.63) is 40.7 Å². The molecule has 2 N–H and O–H groups in total. The molecule has 2 aromatic rings. The molecule has 7 heteroatoms. The van der Waals surface area contributed by atoms with Gasteiger partial charge in [-0.15, -0.1) is 11.3 Å². The van der Waals surface area contributed by atoms with Crippen LogP contribution in [0, 0.1) is 5.92 Å². The second-order valence-electron chi connectivity index (χ2n) is 5.74. The Labute approximate surface area is 144 Å². The van der Waals surface area contributed by atoms with E-state index < -0.39 is 0 Å². The lowest BCUT2D eigenvalue weighted by molar-refractivity contribution is -0.123. The number of rotatable bonds is 7. The van der Waals surface area contributed by atoms with Crippen molar-refractivity contribution >= 4 is 28.8 Å². The van der Waals surface area contributed by atoms with Crippen molar-refractivity contribution in [2.24, 2.45) is 5.92 Å². The SMILES string of the molecule is C[C@H](NC(=O)COc1ccc(NC(=O)C2CC2)cn1)c1cccs1. The van der Waals surface area contributed by atoms with Crippen molar-refractivity contribution in [2.75, 3.05) is 11.9 Å². The zero-order valence-corrected chi connectivity index (χ0v) is 14.1. The molecule has 24 heavy (non-hydrogen) atoms. The molecule has 126 valence electrons. The number of anilines is 1. The molecule has 3 rings (SSSR count). The highest BCUT2D eigenvalue weighted by atomic mass is 32.1. The van der Waals surface area contributed by atoms with Gasteiger partial charge in [-0.1, -0.05) is 6.07 Å². The zero-order valence-electron chi connectivity index (χ0n) is 13.3. The summed E-state index contributed by atoms with van der Waals surface area (Å²) in [6, 6.07) is 7.24. The minimum atomic E-state index is -0.205. The molecule has 0 aliphatic heterocycles. The summed E-state index contributed by atoms with van der Waals surface area (Å²) in [5, 5.41) is 7.65. The number of ether oxygens (including phenoxy) is 1. The first kappa shape index (κ1) is 16.4. The summed E-state index contributed by atoms with van der Waals surface area (Å²) in [7, 11) is 0. The standard InChI is InChI=1S/C17H19N3O3S/c1-11(14-3-2-8-24-14)19-15(21)10-23-16-7-6-13(9-18-16)20-17(22)12-4-5-12/h2-3,6-9,11-12H,4-5,10H2,1H3,(H,19,21)(H,20,22)/t11-/m0/s1. The monoisotopic (exact) mass is 345 g/mol. The first-order valence-corrected chi connectivity index (χ1v) is 8.72. The second-order valence-corrected chi connectivity index (χ2v) is 6.72. The van der Waals surface area contributed by atoms with Gasteiger partial charge in [0.15, 0.2) is 6.61 Å². The van der Waals surface area contributed by atoms with Gasteiger partial charge in [-0.3, -0.25) is 9.59 Å². The molecule has 1 atom stereocenters. The van der Waals surface area contributed by atoms with Crippen LogP contribution in [0.3, 0.4) is 0 Å². The number of hydrogen-bond donors (Lipinski definition) is 2. The van der Waals surface area contributed by atoms with Gasteiger partial charge < -0.3 is 15.4 Å². The average Bonchev–Trinajstić information content (AvgIpc) is 3.28. The van der Waals surface area contributed by atoms with E-state index in [4.69, 9.17) is 4.74 Å². The van der Waals surface area contributed by atoms with Gasteiger partial charge >= 0.3 is 0 Å². The molecule has 2 amide bonds. The number of hydrogen-bond acceptors (Lipinski definition) is 5. The average molecular weight is 345 g/mol. The highest BCUT2D eigenvalue weighted by Crippen LogP contribution is 2.30. The Morgan fingerprint density at radius 1 is 1.38 bits per heavy atom. The third kappa shape index (κ3) is 4.55. The van der Waals surface area contributed by atoms with Crippen LogP contribution in [0.2, 0.25) is 0 Å². The van der Waals surface area contributed by atoms with E-state index in [2.05, 4.69) is 15.6 Å². The molecule has 0 unspecified atom stereocenters. The number of pyridine rings is 1. The molecule has 0 bridgehead atoms. The van der Waals surface area contributed by atoms with Crippen LogP contribution in [0.4, 0.5) is 5.69 Å². The van der Waals surface area contributed by atoms with Crippen LogP contribution in [0.25, 0.3) is 0 Å². The molecule has 1 saturated carbocycles. The van der Waals surface area contributed by atoms with Crippen LogP contribution in [-0.4, -0.2) is 23.4 Å². The molecule has 1 aliphatic carbocycles. The lowest BCUT2D eigenvalue weighted by Crippen LogP contribution is -2.31. The predicted molar refractivity (Wildman–Crippen MR) is 92.0 cm³/mol. The summed E-state index contributed by atoms with van der Waals surface area (Å²) in [6.07, 6.45) is 3.45. The molecule has 6 nitrogen and oxygen atoms in total. The van der Waals surface area contributed by atoms with E-state index in [0.29, 0.717) is 11.6 Å². The molecule has 0 radical (unpaired) electrons. The lowest BCUT2D eigenvalue weighted by Gasteiger charge is -2.12. The van der Waals surface area contributed by atoms with E-state index in [-0.39, 0.29) is 30.4 Å². The minimum Gasteiger partial charge on any atom is -0.468 e. The summed E-state index contributed by atoms with van der Waals surface area (Å²) in [5.74, 6) is 0.324. The maximum Gasteiger partial charge on any atom is 0.258 e. The smallest absolute Gasteiger partial charge is 0.258 e. The Morgan fingerprint density at radius 3 is 2.83 bits per heavy atom. The summed E-state index contributed by atoms with van der Waals surface area (Å²) in [5.41, 5.74) is 0.634. The van der Waals surface area contributed by atoms with Gasteiger partial charge in [0.1, 0.15) is 0 Å². The number of nitrogens with one attached hydrogen (secondary N) is 2. The maximum absolute atomic E-state index is 11.9. The fourth-order valence-electron chi connectivity index (χ4n) is 2.16. The van der Waals surface area contributed by atoms with Crippen molar-refractivity contribution in [1.29, 1.82) is 0 Å². The fourth-order valence-corrected chi connectivity index (χ4v) is 2.90. The van der Waals surface area contributed by atoms with E-state index in [9.17, 15) is 9.59 Å². The molecule has 2 aromatic heterocycles. The van der Waals surface area contributed by atoms with Crippen molar-refractivity contribution < 1.29 is 14.3 Å². The molecule has 0 aromatic carbocycles. The van der Waals surface area contributed by atoms with Crippen LogP contribution in [0.15, 0.2) is 35.8 Å². The number of carbonyl (C=O) groups is 2. The third-order valence-electron chi connectivity index (χ3n) is 3.65. The van der Waals surface area contributed by atoms with Crippen LogP contribution >= 0.6 is 11.3 Å². The minimum absolute atomic E-state index is 0.0346. The Bertz CT molecular complexity index is 696. The number of nitrogens with zero attached hydrogens (tertiary/aromatic N) is 1. The van der Waals surface area contributed by atoms with E-state index in [1.807, 2.05) is 24.4 Å². The maximum atomic E-state index is 11.9. The van der Waals surface area contributed by atoms with Gasteiger partial charge in [-0.25, -0.2) is 4.98 Å². The van der Waals surface area contributed by atoms with E-state index in [1.54, 1.807) is 23.5 Å². The molecular formula is C17H19N3O3S. The lowest BCUT2D eigenvalue weighted by atomic mass is 10.3. The predicted octanol–water partition coefficient (Wildman–Crippen LogP) is 2.75. The highest BCUT2D eigenvalue weighted by Gasteiger charge is 2.29. The van der Waals surface area contributed by atoms with Crippen LogP contribution in [0.1, 0.15) is 30.7 Å². The fraction of sp³-hybridized carbons (Fsp3) is 0.353. The molecule has 0 saturated heterocycles. The first-order chi connectivity index (χ1) is 11.6. The quantitative estimate of drug-likeness (QED) is 0.808. The highest BCUT2D eigenvalue weighted by molar-refractivity contribution is 7.10.